The third kappa shape index (κ3) is 22.1. The third-order valence-corrected chi connectivity index (χ3v) is 10.7. The summed E-state index contributed by atoms with van der Waals surface area (Å²) in [5.41, 5.74) is 7.94. The van der Waals surface area contributed by atoms with E-state index in [2.05, 4.69) is 80.9 Å². The van der Waals surface area contributed by atoms with Crippen molar-refractivity contribution in [2.45, 2.75) is 69.2 Å². The molecule has 11 aromatic rings. The number of hydrogen-bond donors (Lipinski definition) is 3. The number of hydrogen-bond acceptors (Lipinski definition) is 8. The average Bonchev–Trinajstić information content (AvgIpc) is 4.21. The molecule has 0 aliphatic rings. The lowest BCUT2D eigenvalue weighted by Gasteiger charge is -2.08. The van der Waals surface area contributed by atoms with Gasteiger partial charge in [0.05, 0.1) is 16.6 Å². The number of para-hydroxylation sites is 2. The molecule has 0 aliphatic heterocycles. The molecule has 0 unspecified atom stereocenters. The minimum Gasteiger partial charge on any atom is -0.428 e. The zero-order valence-corrected chi connectivity index (χ0v) is 49.7. The molecule has 0 aliphatic carbocycles. The largest absolute Gasteiger partial charge is 0.488 e. The Hall–Kier alpha value is -7.01. The molecule has 0 amide bonds. The zero-order valence-electron chi connectivity index (χ0n) is 44.9. The number of nitrogens with zero attached hydrogens (tertiary/aromatic N) is 6. The summed E-state index contributed by atoms with van der Waals surface area (Å²) in [5, 5.41) is 26.4. The number of rotatable bonds is 6. The second-order valence-corrected chi connectivity index (χ2v) is 16.7. The molecule has 0 atom stereocenters. The van der Waals surface area contributed by atoms with Crippen LogP contribution in [0.25, 0.3) is 44.2 Å². The van der Waals surface area contributed by atoms with Gasteiger partial charge < -0.3 is 24.9 Å². The first kappa shape index (κ1) is 65.1. The quantitative estimate of drug-likeness (QED) is 0.111. The summed E-state index contributed by atoms with van der Waals surface area (Å²) in [7, 11) is -1.34. The van der Waals surface area contributed by atoms with E-state index in [0.29, 0.717) is 11.0 Å². The monoisotopic (exact) mass is 1210 g/mol. The lowest BCUT2D eigenvalue weighted by atomic mass is 9.81. The van der Waals surface area contributed by atoms with Crippen LogP contribution in [-0.4, -0.2) is 51.5 Å². The maximum absolute atomic E-state index is 9.19. The zero-order chi connectivity index (χ0) is 56.1. The predicted octanol–water partition coefficient (Wildman–Crippen LogP) is 17.2. The van der Waals surface area contributed by atoms with Crippen LogP contribution in [0.3, 0.4) is 0 Å². The van der Waals surface area contributed by atoms with Gasteiger partial charge in [0, 0.05) is 56.2 Å². The molecule has 11 nitrogen and oxygen atoms in total. The van der Waals surface area contributed by atoms with E-state index in [0.717, 1.165) is 68.4 Å². The number of halogens is 3. The molecule has 5 aromatic carbocycles. The number of benzene rings is 5. The Kier molecular flexibility index (Phi) is 33.0. The minimum atomic E-state index is -1.34. The highest BCUT2D eigenvalue weighted by Gasteiger charge is 2.09. The molecule has 76 heavy (non-hydrogen) atoms. The number of pyridine rings is 3. The van der Waals surface area contributed by atoms with Crippen molar-refractivity contribution < 1.29 is 24.9 Å². The second kappa shape index (κ2) is 38.5. The molecule has 0 spiro atoms. The number of fused-ring (bicyclic) bond motifs is 3. The summed E-state index contributed by atoms with van der Waals surface area (Å²) < 4.78 is 7.44. The molecular weight excluding hydrogens is 1150 g/mol. The van der Waals surface area contributed by atoms with Crippen LogP contribution in [0.2, 0.25) is 0 Å². The van der Waals surface area contributed by atoms with Crippen LogP contribution in [0.15, 0.2) is 239 Å². The fourth-order valence-corrected chi connectivity index (χ4v) is 7.04. The van der Waals surface area contributed by atoms with Gasteiger partial charge in [-0.3, -0.25) is 15.0 Å². The van der Waals surface area contributed by atoms with Crippen molar-refractivity contribution in [2.24, 2.45) is 0 Å². The molecule has 398 valence electrons. The Morgan fingerprint density at radius 2 is 0.737 bits per heavy atom. The van der Waals surface area contributed by atoms with E-state index in [4.69, 9.17) is 19.7 Å². The van der Waals surface area contributed by atoms with Crippen LogP contribution in [0.5, 0.6) is 11.5 Å². The molecule has 6 aromatic heterocycles. The topological polar surface area (TPSA) is 133 Å². The Balaban J connectivity index is 0.000000327. The maximum Gasteiger partial charge on any atom is 0.488 e. The van der Waals surface area contributed by atoms with Crippen molar-refractivity contribution in [3.63, 3.8) is 0 Å². The molecule has 0 radical (unpaired) electrons. The molecule has 15 heteroatoms. The highest BCUT2D eigenvalue weighted by Crippen LogP contribution is 2.25. The van der Waals surface area contributed by atoms with Gasteiger partial charge in [0.2, 0.25) is 0 Å². The number of aromatic nitrogens is 6. The van der Waals surface area contributed by atoms with Crippen molar-refractivity contribution in [3.8, 4) is 22.6 Å². The standard InChI is InChI=1S/C19H14N2O.C13H9BrN2O.C7H5BrN2O.C6H7BO2.C6H5Br.5C2H6/c1-3-7-15(8-4-1)16-13-19-18(20-14-16)11-12-21(19)22-17-9-5-2-6-10-17;14-10-8-13-12(15-9-10)6-7-16(13)17-11-4-2-1-3-5-11;8-5-3-7-6(9-4-5)1-2-10(7)11;8-7(9)6-4-2-1-3-5-6;7-6-4-2-1-3-5-6;5*1-2/h1-14H;1-9H;1-4,11H;1-5,8-9H;1-5H;5*1-2H3. The molecule has 0 bridgehead atoms. The molecule has 0 fully saturated rings. The van der Waals surface area contributed by atoms with Crippen molar-refractivity contribution in [1.29, 1.82) is 0 Å². The van der Waals surface area contributed by atoms with Crippen molar-refractivity contribution in [1.82, 2.24) is 29.1 Å². The highest BCUT2D eigenvalue weighted by molar-refractivity contribution is 9.11. The molecular formula is C61H70BBr3N6O5. The lowest BCUT2D eigenvalue weighted by Crippen LogP contribution is -2.29. The van der Waals surface area contributed by atoms with Gasteiger partial charge in [-0.1, -0.05) is 200 Å². The van der Waals surface area contributed by atoms with Crippen LogP contribution in [0.1, 0.15) is 69.2 Å². The third-order valence-electron chi connectivity index (χ3n) is 9.29. The Bertz CT molecular complexity index is 3180. The Labute approximate surface area is 474 Å². The summed E-state index contributed by atoms with van der Waals surface area (Å²) in [6, 6.07) is 59.8. The summed E-state index contributed by atoms with van der Waals surface area (Å²) in [5.74, 6) is 1.59. The SMILES string of the molecule is Brc1ccccc1.Brc1cnc2ccn(Oc3ccccc3)c2c1.CC.CC.CC.CC.CC.OB(O)c1ccccc1.On1ccc2ncc(Br)cc21.c1ccc(On2ccc3ncc(-c4ccccc4)cc32)cc1. The normalized spacial score (nSPS) is 9.30. The summed E-state index contributed by atoms with van der Waals surface area (Å²) in [6.07, 6.45) is 10.7. The van der Waals surface area contributed by atoms with E-state index >= 15 is 0 Å². The van der Waals surface area contributed by atoms with Gasteiger partial charge in [-0.05, 0) is 116 Å². The van der Waals surface area contributed by atoms with Crippen LogP contribution in [-0.2, 0) is 0 Å². The Morgan fingerprint density at radius 3 is 1.14 bits per heavy atom. The molecule has 0 saturated carbocycles. The van der Waals surface area contributed by atoms with Crippen molar-refractivity contribution in [3.05, 3.63) is 239 Å². The van der Waals surface area contributed by atoms with Gasteiger partial charge in [0.25, 0.3) is 0 Å². The van der Waals surface area contributed by atoms with E-state index in [1.807, 2.05) is 227 Å². The second-order valence-electron chi connectivity index (χ2n) is 13.9. The van der Waals surface area contributed by atoms with E-state index in [1.54, 1.807) is 58.4 Å². The summed E-state index contributed by atoms with van der Waals surface area (Å²) >= 11 is 9.98. The summed E-state index contributed by atoms with van der Waals surface area (Å²) in [6.45, 7) is 20.0. The first-order valence-corrected chi connectivity index (χ1v) is 27.6. The first-order valence-electron chi connectivity index (χ1n) is 25.3. The van der Waals surface area contributed by atoms with Crippen LogP contribution >= 0.6 is 47.8 Å². The maximum atomic E-state index is 9.19. The van der Waals surface area contributed by atoms with Crippen LogP contribution < -0.4 is 15.1 Å². The minimum absolute atomic E-state index is 0.525. The Morgan fingerprint density at radius 1 is 0.382 bits per heavy atom. The van der Waals surface area contributed by atoms with Crippen molar-refractivity contribution in [2.75, 3.05) is 0 Å². The van der Waals surface area contributed by atoms with Crippen molar-refractivity contribution >= 4 is 93.5 Å². The average molecular weight is 1220 g/mol. The van der Waals surface area contributed by atoms with E-state index in [9.17, 15) is 5.21 Å². The van der Waals surface area contributed by atoms with Gasteiger partial charge in [-0.15, -0.1) is 0 Å². The van der Waals surface area contributed by atoms with Crippen LogP contribution in [0, 0.1) is 0 Å². The molecule has 0 saturated heterocycles. The van der Waals surface area contributed by atoms with E-state index < -0.39 is 7.12 Å². The molecule has 6 heterocycles. The highest BCUT2D eigenvalue weighted by atomic mass is 79.9. The predicted molar refractivity (Wildman–Crippen MR) is 329 cm³/mol. The van der Waals surface area contributed by atoms with Gasteiger partial charge in [-0.25, -0.2) is 0 Å². The van der Waals surface area contributed by atoms with Gasteiger partial charge in [0.1, 0.15) is 16.6 Å². The van der Waals surface area contributed by atoms with Crippen LogP contribution in [0.4, 0.5) is 0 Å². The van der Waals surface area contributed by atoms with Gasteiger partial charge in [-0.2, -0.15) is 14.2 Å². The fraction of sp³-hybridized carbons (Fsp3) is 0.164. The van der Waals surface area contributed by atoms with Gasteiger partial charge >= 0.3 is 7.12 Å². The summed E-state index contributed by atoms with van der Waals surface area (Å²) in [4.78, 5) is 24.5. The first-order chi connectivity index (χ1) is 37.2. The lowest BCUT2D eigenvalue weighted by molar-refractivity contribution is 0.200. The van der Waals surface area contributed by atoms with Gasteiger partial charge in [0.15, 0.2) is 11.5 Å². The molecule has 11 rings (SSSR count). The fourth-order valence-electron chi connectivity index (χ4n) is 6.10. The van der Waals surface area contributed by atoms with E-state index in [-0.39, 0.29) is 0 Å². The molecule has 3 N–H and O–H groups in total. The smallest absolute Gasteiger partial charge is 0.428 e. The van der Waals surface area contributed by atoms with E-state index in [1.165, 1.54) is 0 Å².